The SMILES string of the molecule is COCCOCCNS(=O)(=O)c1cnc(Cl)s1. The van der Waals surface area contributed by atoms with Gasteiger partial charge in [0.2, 0.25) is 0 Å². The molecule has 0 spiro atoms. The molecule has 9 heteroatoms. The maximum absolute atomic E-state index is 11.7. The molecule has 0 saturated carbocycles. The third-order valence-electron chi connectivity index (χ3n) is 1.69. The van der Waals surface area contributed by atoms with Crippen LogP contribution in [0.2, 0.25) is 4.47 Å². The third kappa shape index (κ3) is 5.28. The molecule has 98 valence electrons. The number of thiazole rings is 1. The number of aromatic nitrogens is 1. The van der Waals surface area contributed by atoms with Crippen LogP contribution in [-0.2, 0) is 19.5 Å². The number of nitrogens with zero attached hydrogens (tertiary/aromatic N) is 1. The molecule has 17 heavy (non-hydrogen) atoms. The molecule has 1 aromatic heterocycles. The molecule has 1 N–H and O–H groups in total. The molecule has 1 aromatic rings. The van der Waals surface area contributed by atoms with Crippen LogP contribution in [0, 0.1) is 0 Å². The van der Waals surface area contributed by atoms with Gasteiger partial charge in [0.25, 0.3) is 10.0 Å². The van der Waals surface area contributed by atoms with Gasteiger partial charge in [-0.1, -0.05) is 22.9 Å². The van der Waals surface area contributed by atoms with Crippen molar-refractivity contribution in [2.24, 2.45) is 0 Å². The van der Waals surface area contributed by atoms with Crippen molar-refractivity contribution in [1.29, 1.82) is 0 Å². The summed E-state index contributed by atoms with van der Waals surface area (Å²) in [6, 6.07) is 0. The van der Waals surface area contributed by atoms with E-state index in [4.69, 9.17) is 21.1 Å². The van der Waals surface area contributed by atoms with E-state index in [1.165, 1.54) is 6.20 Å². The van der Waals surface area contributed by atoms with Crippen LogP contribution in [0.1, 0.15) is 0 Å². The second-order valence-corrected chi connectivity index (χ2v) is 6.54. The second-order valence-electron chi connectivity index (χ2n) is 2.94. The molecule has 1 rings (SSSR count). The topological polar surface area (TPSA) is 77.5 Å². The number of methoxy groups -OCH3 is 1. The van der Waals surface area contributed by atoms with Crippen LogP contribution in [0.5, 0.6) is 0 Å². The van der Waals surface area contributed by atoms with Crippen LogP contribution in [0.3, 0.4) is 0 Å². The standard InChI is InChI=1S/C8H13ClN2O4S2/c1-14-4-5-15-3-2-11-17(12,13)7-6-10-8(9)16-7/h6,11H,2-5H2,1H3. The number of halogens is 1. The summed E-state index contributed by atoms with van der Waals surface area (Å²) in [4.78, 5) is 3.67. The Morgan fingerprint density at radius 2 is 2.24 bits per heavy atom. The van der Waals surface area contributed by atoms with Gasteiger partial charge < -0.3 is 9.47 Å². The molecule has 6 nitrogen and oxygen atoms in total. The average Bonchev–Trinajstić information content (AvgIpc) is 2.71. The number of nitrogens with one attached hydrogen (secondary N) is 1. The smallest absolute Gasteiger partial charge is 0.251 e. The van der Waals surface area contributed by atoms with E-state index in [1.807, 2.05) is 0 Å². The maximum atomic E-state index is 11.7. The van der Waals surface area contributed by atoms with Crippen molar-refractivity contribution in [2.45, 2.75) is 4.21 Å². The molecule has 0 unspecified atom stereocenters. The van der Waals surface area contributed by atoms with Gasteiger partial charge in [0, 0.05) is 13.7 Å². The summed E-state index contributed by atoms with van der Waals surface area (Å²) in [7, 11) is -1.95. The van der Waals surface area contributed by atoms with Crippen LogP contribution < -0.4 is 4.72 Å². The zero-order chi connectivity index (χ0) is 12.7. The van der Waals surface area contributed by atoms with Gasteiger partial charge in [-0.3, -0.25) is 0 Å². The van der Waals surface area contributed by atoms with Gasteiger partial charge in [-0.15, -0.1) is 0 Å². The Hall–Kier alpha value is -0.250. The van der Waals surface area contributed by atoms with Gasteiger partial charge in [-0.25, -0.2) is 18.1 Å². The Balaban J connectivity index is 2.31. The predicted octanol–water partition coefficient (Wildman–Crippen LogP) is 0.738. The number of rotatable bonds is 8. The Bertz CT molecular complexity index is 434. The van der Waals surface area contributed by atoms with Gasteiger partial charge in [0.1, 0.15) is 0 Å². The quantitative estimate of drug-likeness (QED) is 0.717. The van der Waals surface area contributed by atoms with Crippen molar-refractivity contribution in [3.8, 4) is 0 Å². The van der Waals surface area contributed by atoms with Crippen LogP contribution in [0.15, 0.2) is 10.4 Å². The fourth-order valence-corrected chi connectivity index (χ4v) is 3.28. The normalized spacial score (nSPS) is 11.9. The molecule has 0 radical (unpaired) electrons. The van der Waals surface area contributed by atoms with Crippen molar-refractivity contribution >= 4 is 33.0 Å². The highest BCUT2D eigenvalue weighted by Gasteiger charge is 2.16. The molecule has 1 heterocycles. The van der Waals surface area contributed by atoms with Crippen LogP contribution in [0.4, 0.5) is 0 Å². The van der Waals surface area contributed by atoms with E-state index >= 15 is 0 Å². The number of sulfonamides is 1. The van der Waals surface area contributed by atoms with Crippen LogP contribution in [-0.4, -0.2) is 46.9 Å². The summed E-state index contributed by atoms with van der Waals surface area (Å²) in [6.07, 6.45) is 1.22. The average molecular weight is 301 g/mol. The second kappa shape index (κ2) is 7.24. The minimum Gasteiger partial charge on any atom is -0.382 e. The first-order valence-corrected chi connectivity index (χ1v) is 7.41. The Kier molecular flexibility index (Phi) is 6.31. The Labute approximate surface area is 109 Å². The van der Waals surface area contributed by atoms with Crippen molar-refractivity contribution < 1.29 is 17.9 Å². The zero-order valence-corrected chi connectivity index (χ0v) is 11.6. The Morgan fingerprint density at radius 3 is 2.82 bits per heavy atom. The van der Waals surface area contributed by atoms with E-state index in [0.717, 1.165) is 11.3 Å². The van der Waals surface area contributed by atoms with Gasteiger partial charge in [-0.05, 0) is 0 Å². The van der Waals surface area contributed by atoms with Crippen molar-refractivity contribution in [3.05, 3.63) is 10.7 Å². The van der Waals surface area contributed by atoms with Crippen molar-refractivity contribution in [3.63, 3.8) is 0 Å². The molecule has 0 bridgehead atoms. The molecule has 0 saturated heterocycles. The van der Waals surface area contributed by atoms with Crippen molar-refractivity contribution in [2.75, 3.05) is 33.5 Å². The molecule has 0 atom stereocenters. The fourth-order valence-electron chi connectivity index (χ4n) is 0.927. The van der Waals surface area contributed by atoms with Gasteiger partial charge in [-0.2, -0.15) is 0 Å². The first-order valence-electron chi connectivity index (χ1n) is 4.74. The minimum atomic E-state index is -3.52. The lowest BCUT2D eigenvalue weighted by atomic mass is 10.7. The van der Waals surface area contributed by atoms with E-state index in [0.29, 0.717) is 13.2 Å². The van der Waals surface area contributed by atoms with Crippen molar-refractivity contribution in [1.82, 2.24) is 9.71 Å². The first kappa shape index (κ1) is 14.8. The van der Waals surface area contributed by atoms with Crippen LogP contribution in [0.25, 0.3) is 0 Å². The zero-order valence-electron chi connectivity index (χ0n) is 9.18. The summed E-state index contributed by atoms with van der Waals surface area (Å²) in [5.41, 5.74) is 0. The van der Waals surface area contributed by atoms with E-state index in [-0.39, 0.29) is 21.8 Å². The van der Waals surface area contributed by atoms with E-state index in [1.54, 1.807) is 7.11 Å². The third-order valence-corrected chi connectivity index (χ3v) is 4.73. The Morgan fingerprint density at radius 1 is 1.47 bits per heavy atom. The van der Waals surface area contributed by atoms with E-state index in [2.05, 4.69) is 9.71 Å². The summed E-state index contributed by atoms with van der Waals surface area (Å²) < 4.78 is 35.9. The van der Waals surface area contributed by atoms with Gasteiger partial charge in [0.05, 0.1) is 26.0 Å². The summed E-state index contributed by atoms with van der Waals surface area (Å²) in [5.74, 6) is 0. The highest BCUT2D eigenvalue weighted by atomic mass is 35.5. The molecule has 0 aliphatic rings. The number of hydrogen-bond donors (Lipinski definition) is 1. The molecule has 0 amide bonds. The molecule has 0 aliphatic heterocycles. The lowest BCUT2D eigenvalue weighted by molar-refractivity contribution is 0.0736. The fraction of sp³-hybridized carbons (Fsp3) is 0.625. The highest BCUT2D eigenvalue weighted by molar-refractivity contribution is 7.91. The molecule has 0 aliphatic carbocycles. The number of hydrogen-bond acceptors (Lipinski definition) is 6. The van der Waals surface area contributed by atoms with Crippen LogP contribution >= 0.6 is 22.9 Å². The largest absolute Gasteiger partial charge is 0.382 e. The van der Waals surface area contributed by atoms with Gasteiger partial charge in [0.15, 0.2) is 8.68 Å². The maximum Gasteiger partial charge on any atom is 0.251 e. The summed E-state index contributed by atoms with van der Waals surface area (Å²) in [5, 5.41) is 0. The van der Waals surface area contributed by atoms with E-state index in [9.17, 15) is 8.42 Å². The van der Waals surface area contributed by atoms with Gasteiger partial charge >= 0.3 is 0 Å². The highest BCUT2D eigenvalue weighted by Crippen LogP contribution is 2.21. The summed E-state index contributed by atoms with van der Waals surface area (Å²) >= 11 is 6.47. The molecule has 0 fully saturated rings. The molecule has 0 aromatic carbocycles. The lowest BCUT2D eigenvalue weighted by Crippen LogP contribution is -2.27. The predicted molar refractivity (Wildman–Crippen MR) is 65.0 cm³/mol. The lowest BCUT2D eigenvalue weighted by Gasteiger charge is -2.05. The monoisotopic (exact) mass is 300 g/mol. The summed E-state index contributed by atoms with van der Waals surface area (Å²) in [6.45, 7) is 1.40. The molecular formula is C8H13ClN2O4S2. The first-order chi connectivity index (χ1) is 8.06. The number of ether oxygens (including phenoxy) is 2. The molecular weight excluding hydrogens is 288 g/mol. The van der Waals surface area contributed by atoms with E-state index < -0.39 is 10.0 Å². The minimum absolute atomic E-state index is 0.0967.